The number of hydrogen-bond donors (Lipinski definition) is 1. The zero-order valence-electron chi connectivity index (χ0n) is 9.86. The van der Waals surface area contributed by atoms with Gasteiger partial charge in [0.2, 0.25) is 0 Å². The fourth-order valence-corrected chi connectivity index (χ4v) is 2.02. The highest BCUT2D eigenvalue weighted by molar-refractivity contribution is 5.92. The molecule has 88 valence electrons. The van der Waals surface area contributed by atoms with Gasteiger partial charge in [0.15, 0.2) is 0 Å². The molecule has 3 heteroatoms. The Morgan fingerprint density at radius 1 is 1.41 bits per heavy atom. The van der Waals surface area contributed by atoms with Crippen LogP contribution in [0.5, 0.6) is 0 Å². The van der Waals surface area contributed by atoms with Gasteiger partial charge in [-0.2, -0.15) is 0 Å². The van der Waals surface area contributed by atoms with Crippen molar-refractivity contribution in [3.8, 4) is 0 Å². The third-order valence-electron chi connectivity index (χ3n) is 2.75. The molecule has 2 aromatic rings. The molecule has 0 fully saturated rings. The van der Waals surface area contributed by atoms with Crippen molar-refractivity contribution in [2.75, 3.05) is 0 Å². The number of aliphatic carboxylic acids is 1. The van der Waals surface area contributed by atoms with Crippen molar-refractivity contribution in [3.05, 3.63) is 41.7 Å². The van der Waals surface area contributed by atoms with Gasteiger partial charge in [0.1, 0.15) is 11.3 Å². The van der Waals surface area contributed by atoms with Crippen molar-refractivity contribution in [3.63, 3.8) is 0 Å². The van der Waals surface area contributed by atoms with Crippen LogP contribution in [-0.4, -0.2) is 11.1 Å². The summed E-state index contributed by atoms with van der Waals surface area (Å²) in [5, 5.41) is 9.82. The minimum Gasteiger partial charge on any atom is -0.478 e. The summed E-state index contributed by atoms with van der Waals surface area (Å²) in [6.07, 6.45) is 1.99. The van der Waals surface area contributed by atoms with Crippen LogP contribution in [-0.2, 0) is 11.2 Å². The second kappa shape index (κ2) is 4.45. The van der Waals surface area contributed by atoms with E-state index in [4.69, 9.17) is 9.52 Å². The summed E-state index contributed by atoms with van der Waals surface area (Å²) < 4.78 is 5.72. The number of carboxylic acids is 1. The number of carboxylic acid groups (broad SMARTS) is 1. The van der Waals surface area contributed by atoms with Crippen LogP contribution in [0.1, 0.15) is 25.2 Å². The SMILES string of the molecule is CCc1c(/C(C)=C/C(=O)O)oc2ccccc12. The summed E-state index contributed by atoms with van der Waals surface area (Å²) in [6.45, 7) is 3.79. The number of allylic oxidation sites excluding steroid dienone is 1. The first-order valence-electron chi connectivity index (χ1n) is 5.55. The first kappa shape index (κ1) is 11.5. The molecule has 0 aliphatic carbocycles. The Morgan fingerprint density at radius 2 is 2.12 bits per heavy atom. The van der Waals surface area contributed by atoms with Crippen molar-refractivity contribution >= 4 is 22.5 Å². The summed E-state index contributed by atoms with van der Waals surface area (Å²) in [7, 11) is 0. The molecule has 17 heavy (non-hydrogen) atoms. The Kier molecular flexibility index (Phi) is 3.00. The van der Waals surface area contributed by atoms with E-state index in [1.54, 1.807) is 6.92 Å². The molecule has 0 radical (unpaired) electrons. The number of para-hydroxylation sites is 1. The van der Waals surface area contributed by atoms with Crippen LogP contribution in [0.4, 0.5) is 0 Å². The van der Waals surface area contributed by atoms with E-state index in [0.717, 1.165) is 23.0 Å². The van der Waals surface area contributed by atoms with Gasteiger partial charge < -0.3 is 9.52 Å². The third-order valence-corrected chi connectivity index (χ3v) is 2.75. The minimum atomic E-state index is -0.954. The molecule has 0 saturated heterocycles. The average Bonchev–Trinajstić information content (AvgIpc) is 2.66. The Hall–Kier alpha value is -2.03. The van der Waals surface area contributed by atoms with E-state index in [2.05, 4.69) is 0 Å². The number of benzene rings is 1. The minimum absolute atomic E-state index is 0.644. The maximum Gasteiger partial charge on any atom is 0.328 e. The zero-order valence-corrected chi connectivity index (χ0v) is 9.86. The molecule has 0 aliphatic rings. The molecule has 0 saturated carbocycles. The van der Waals surface area contributed by atoms with Gasteiger partial charge in [-0.3, -0.25) is 0 Å². The Bertz CT molecular complexity index is 591. The van der Waals surface area contributed by atoms with Gasteiger partial charge in [0, 0.05) is 17.0 Å². The van der Waals surface area contributed by atoms with E-state index in [-0.39, 0.29) is 0 Å². The highest BCUT2D eigenvalue weighted by Crippen LogP contribution is 2.30. The van der Waals surface area contributed by atoms with Crippen LogP contribution in [0.2, 0.25) is 0 Å². The molecule has 2 rings (SSSR count). The Labute approximate surface area is 99.4 Å². The quantitative estimate of drug-likeness (QED) is 0.821. The van der Waals surface area contributed by atoms with Crippen LogP contribution in [0.3, 0.4) is 0 Å². The lowest BCUT2D eigenvalue weighted by Gasteiger charge is -1.99. The predicted molar refractivity (Wildman–Crippen MR) is 66.9 cm³/mol. The number of carbonyl (C=O) groups is 1. The van der Waals surface area contributed by atoms with Crippen LogP contribution in [0, 0.1) is 0 Å². The zero-order chi connectivity index (χ0) is 12.4. The predicted octanol–water partition coefficient (Wildman–Crippen LogP) is 3.48. The largest absolute Gasteiger partial charge is 0.478 e. The summed E-state index contributed by atoms with van der Waals surface area (Å²) >= 11 is 0. The van der Waals surface area contributed by atoms with E-state index in [9.17, 15) is 4.79 Å². The van der Waals surface area contributed by atoms with E-state index >= 15 is 0 Å². The molecule has 1 aromatic heterocycles. The topological polar surface area (TPSA) is 50.4 Å². The van der Waals surface area contributed by atoms with Crippen LogP contribution < -0.4 is 0 Å². The van der Waals surface area contributed by atoms with E-state index < -0.39 is 5.97 Å². The highest BCUT2D eigenvalue weighted by atomic mass is 16.4. The van der Waals surface area contributed by atoms with Gasteiger partial charge in [0.25, 0.3) is 0 Å². The van der Waals surface area contributed by atoms with Gasteiger partial charge in [-0.1, -0.05) is 25.1 Å². The molecule has 0 bridgehead atoms. The van der Waals surface area contributed by atoms with E-state index in [1.807, 2.05) is 31.2 Å². The molecule has 0 atom stereocenters. The van der Waals surface area contributed by atoms with Crippen molar-refractivity contribution < 1.29 is 14.3 Å². The third kappa shape index (κ3) is 2.09. The maximum atomic E-state index is 10.7. The van der Waals surface area contributed by atoms with Crippen molar-refractivity contribution in [1.82, 2.24) is 0 Å². The molecule has 0 amide bonds. The van der Waals surface area contributed by atoms with Gasteiger partial charge >= 0.3 is 5.97 Å². The molecule has 1 heterocycles. The molecule has 0 unspecified atom stereocenters. The monoisotopic (exact) mass is 230 g/mol. The summed E-state index contributed by atoms with van der Waals surface area (Å²) in [6, 6.07) is 7.75. The lowest BCUT2D eigenvalue weighted by Crippen LogP contribution is -1.91. The number of fused-ring (bicyclic) bond motifs is 1. The van der Waals surface area contributed by atoms with E-state index in [0.29, 0.717) is 11.3 Å². The number of hydrogen-bond acceptors (Lipinski definition) is 2. The smallest absolute Gasteiger partial charge is 0.328 e. The number of rotatable bonds is 3. The summed E-state index contributed by atoms with van der Waals surface area (Å²) in [4.78, 5) is 10.7. The molecule has 1 aromatic carbocycles. The fraction of sp³-hybridized carbons (Fsp3) is 0.214. The number of aryl methyl sites for hydroxylation is 1. The average molecular weight is 230 g/mol. The first-order valence-corrected chi connectivity index (χ1v) is 5.55. The van der Waals surface area contributed by atoms with Gasteiger partial charge in [-0.05, 0) is 25.0 Å². The lowest BCUT2D eigenvalue weighted by molar-refractivity contribution is -0.131. The van der Waals surface area contributed by atoms with Crippen LogP contribution in [0.25, 0.3) is 16.5 Å². The van der Waals surface area contributed by atoms with Crippen molar-refractivity contribution in [2.24, 2.45) is 0 Å². The van der Waals surface area contributed by atoms with Gasteiger partial charge in [-0.15, -0.1) is 0 Å². The molecular formula is C14H14O3. The second-order valence-electron chi connectivity index (χ2n) is 3.93. The summed E-state index contributed by atoms with van der Waals surface area (Å²) in [5.74, 6) is -0.277. The van der Waals surface area contributed by atoms with Crippen molar-refractivity contribution in [2.45, 2.75) is 20.3 Å². The van der Waals surface area contributed by atoms with Gasteiger partial charge in [0.05, 0.1) is 0 Å². The molecule has 0 spiro atoms. The standard InChI is InChI=1S/C14H14O3/c1-3-10-11-6-4-5-7-12(11)17-14(10)9(2)8-13(15)16/h4-8H,3H2,1-2H3,(H,15,16)/b9-8+. The lowest BCUT2D eigenvalue weighted by atomic mass is 10.0. The second-order valence-corrected chi connectivity index (χ2v) is 3.93. The van der Waals surface area contributed by atoms with Gasteiger partial charge in [-0.25, -0.2) is 4.79 Å². The molecule has 1 N–H and O–H groups in total. The van der Waals surface area contributed by atoms with Crippen LogP contribution in [0.15, 0.2) is 34.8 Å². The Morgan fingerprint density at radius 3 is 2.76 bits per heavy atom. The number of furan rings is 1. The Balaban J connectivity index is 2.65. The molecule has 3 nitrogen and oxygen atoms in total. The van der Waals surface area contributed by atoms with Crippen LogP contribution >= 0.6 is 0 Å². The molecule has 0 aliphatic heterocycles. The molecular weight excluding hydrogens is 216 g/mol. The summed E-state index contributed by atoms with van der Waals surface area (Å²) in [5.41, 5.74) is 2.51. The first-order chi connectivity index (χ1) is 8.13. The fourth-order valence-electron chi connectivity index (χ4n) is 2.02. The normalized spacial score (nSPS) is 12.0. The highest BCUT2D eigenvalue weighted by Gasteiger charge is 2.13. The van der Waals surface area contributed by atoms with Crippen molar-refractivity contribution in [1.29, 1.82) is 0 Å². The van der Waals surface area contributed by atoms with E-state index in [1.165, 1.54) is 6.08 Å². The maximum absolute atomic E-state index is 10.7.